The van der Waals surface area contributed by atoms with E-state index in [1.807, 2.05) is 19.1 Å². The van der Waals surface area contributed by atoms with Crippen molar-refractivity contribution in [3.8, 4) is 11.5 Å². The van der Waals surface area contributed by atoms with Crippen LogP contribution in [0.25, 0.3) is 0 Å². The van der Waals surface area contributed by atoms with Gasteiger partial charge in [-0.1, -0.05) is 0 Å². The van der Waals surface area contributed by atoms with Crippen LogP contribution in [-0.2, 0) is 10.0 Å². The highest BCUT2D eigenvalue weighted by Crippen LogP contribution is 2.17. The maximum atomic E-state index is 12.1. The number of benzene rings is 2. The maximum absolute atomic E-state index is 12.1. The normalized spacial score (nSPS) is 11.2. The first kappa shape index (κ1) is 18.0. The molecule has 0 heterocycles. The number of sulfonamides is 1. The summed E-state index contributed by atoms with van der Waals surface area (Å²) in [5.41, 5.74) is 0. The van der Waals surface area contributed by atoms with Crippen LogP contribution < -0.4 is 14.2 Å². The SMILES string of the molecule is CCOc1ccc(OCCNS(=O)(=O)c2ccc(I)cc2)cc1. The molecule has 5 nitrogen and oxygen atoms in total. The number of hydrogen-bond acceptors (Lipinski definition) is 4. The van der Waals surface area contributed by atoms with Gasteiger partial charge < -0.3 is 9.47 Å². The van der Waals surface area contributed by atoms with Gasteiger partial charge >= 0.3 is 0 Å². The molecule has 0 aliphatic heterocycles. The molecule has 23 heavy (non-hydrogen) atoms. The van der Waals surface area contributed by atoms with Crippen LogP contribution >= 0.6 is 22.6 Å². The third kappa shape index (κ3) is 5.67. The summed E-state index contributed by atoms with van der Waals surface area (Å²) in [6.07, 6.45) is 0. The molecule has 0 atom stereocenters. The van der Waals surface area contributed by atoms with Crippen molar-refractivity contribution < 1.29 is 17.9 Å². The van der Waals surface area contributed by atoms with Crippen molar-refractivity contribution in [3.63, 3.8) is 0 Å². The number of rotatable bonds is 8. The lowest BCUT2D eigenvalue weighted by atomic mass is 10.3. The van der Waals surface area contributed by atoms with Crippen LogP contribution in [0.5, 0.6) is 11.5 Å². The van der Waals surface area contributed by atoms with Gasteiger partial charge in [-0.25, -0.2) is 13.1 Å². The van der Waals surface area contributed by atoms with E-state index in [0.29, 0.717) is 12.4 Å². The number of ether oxygens (including phenoxy) is 2. The van der Waals surface area contributed by atoms with Crippen LogP contribution in [0.15, 0.2) is 53.4 Å². The largest absolute Gasteiger partial charge is 0.494 e. The Kier molecular flexibility index (Phi) is 6.67. The second-order valence-electron chi connectivity index (χ2n) is 4.60. The number of nitrogens with one attached hydrogen (secondary N) is 1. The first-order valence-electron chi connectivity index (χ1n) is 7.12. The topological polar surface area (TPSA) is 64.6 Å². The predicted octanol–water partition coefficient (Wildman–Crippen LogP) is 3.05. The predicted molar refractivity (Wildman–Crippen MR) is 97.5 cm³/mol. The van der Waals surface area contributed by atoms with Crippen molar-refractivity contribution in [3.05, 3.63) is 52.1 Å². The van der Waals surface area contributed by atoms with Crippen molar-refractivity contribution >= 4 is 32.6 Å². The Bertz CT molecular complexity index is 715. The average molecular weight is 447 g/mol. The van der Waals surface area contributed by atoms with Gasteiger partial charge in [0.25, 0.3) is 0 Å². The van der Waals surface area contributed by atoms with Gasteiger partial charge in [-0.2, -0.15) is 0 Å². The van der Waals surface area contributed by atoms with Gasteiger partial charge in [0, 0.05) is 10.1 Å². The molecule has 0 aliphatic carbocycles. The van der Waals surface area contributed by atoms with Crippen molar-refractivity contribution in [1.82, 2.24) is 4.72 Å². The smallest absolute Gasteiger partial charge is 0.240 e. The van der Waals surface area contributed by atoms with E-state index in [1.165, 1.54) is 0 Å². The molecule has 0 radical (unpaired) electrons. The van der Waals surface area contributed by atoms with E-state index >= 15 is 0 Å². The number of hydrogen-bond donors (Lipinski definition) is 1. The van der Waals surface area contributed by atoms with Gasteiger partial charge in [-0.05, 0) is 78.0 Å². The zero-order chi connectivity index (χ0) is 16.7. The Morgan fingerprint density at radius 1 is 0.957 bits per heavy atom. The van der Waals surface area contributed by atoms with Gasteiger partial charge in [-0.3, -0.25) is 0 Å². The van der Waals surface area contributed by atoms with Gasteiger partial charge in [0.15, 0.2) is 0 Å². The Balaban J connectivity index is 1.81. The van der Waals surface area contributed by atoms with Crippen molar-refractivity contribution in [2.75, 3.05) is 19.8 Å². The molecule has 0 fully saturated rings. The summed E-state index contributed by atoms with van der Waals surface area (Å²) in [7, 11) is -3.50. The molecule has 1 N–H and O–H groups in total. The van der Waals surface area contributed by atoms with Crippen molar-refractivity contribution in [2.45, 2.75) is 11.8 Å². The minimum atomic E-state index is -3.50. The zero-order valence-corrected chi connectivity index (χ0v) is 15.6. The highest BCUT2D eigenvalue weighted by Gasteiger charge is 2.12. The van der Waals surface area contributed by atoms with E-state index in [0.717, 1.165) is 9.32 Å². The molecule has 2 rings (SSSR count). The first-order chi connectivity index (χ1) is 11.0. The Morgan fingerprint density at radius 2 is 1.52 bits per heavy atom. The van der Waals surface area contributed by atoms with Crippen molar-refractivity contribution in [2.24, 2.45) is 0 Å². The highest BCUT2D eigenvalue weighted by molar-refractivity contribution is 14.1. The molecular formula is C16H18INO4S. The Labute approximate surface area is 150 Å². The van der Waals surface area contributed by atoms with E-state index < -0.39 is 10.0 Å². The lowest BCUT2D eigenvalue weighted by Crippen LogP contribution is -2.28. The highest BCUT2D eigenvalue weighted by atomic mass is 127. The lowest BCUT2D eigenvalue weighted by Gasteiger charge is -2.09. The minimum Gasteiger partial charge on any atom is -0.494 e. The van der Waals surface area contributed by atoms with Crippen molar-refractivity contribution in [1.29, 1.82) is 0 Å². The second kappa shape index (κ2) is 8.51. The third-order valence-electron chi connectivity index (χ3n) is 2.92. The Hall–Kier alpha value is -1.32. The molecule has 0 saturated heterocycles. The van der Waals surface area contributed by atoms with Gasteiger partial charge in [-0.15, -0.1) is 0 Å². The summed E-state index contributed by atoms with van der Waals surface area (Å²) in [5.74, 6) is 1.45. The van der Waals surface area contributed by atoms with Gasteiger partial charge in [0.1, 0.15) is 18.1 Å². The quantitative estimate of drug-likeness (QED) is 0.499. The fourth-order valence-electron chi connectivity index (χ4n) is 1.84. The fraction of sp³-hybridized carbons (Fsp3) is 0.250. The van der Waals surface area contributed by atoms with E-state index in [9.17, 15) is 8.42 Å². The summed E-state index contributed by atoms with van der Waals surface area (Å²) >= 11 is 2.13. The van der Waals surface area contributed by atoms with E-state index in [2.05, 4.69) is 27.3 Å². The molecule has 2 aromatic carbocycles. The standard InChI is InChI=1S/C16H18INO4S/c1-2-21-14-5-7-15(8-6-14)22-12-11-18-23(19,20)16-9-3-13(17)4-10-16/h3-10,18H,2,11-12H2,1H3. The van der Waals surface area contributed by atoms with Crippen LogP contribution in [0.2, 0.25) is 0 Å². The summed E-state index contributed by atoms with van der Waals surface area (Å²) in [4.78, 5) is 0.249. The van der Waals surface area contributed by atoms with Crippen LogP contribution in [0.4, 0.5) is 0 Å². The van der Waals surface area contributed by atoms with E-state index in [1.54, 1.807) is 36.4 Å². The average Bonchev–Trinajstić information content (AvgIpc) is 2.54. The maximum Gasteiger partial charge on any atom is 0.240 e. The molecule has 7 heteroatoms. The molecule has 0 spiro atoms. The lowest BCUT2D eigenvalue weighted by molar-refractivity contribution is 0.319. The molecule has 0 unspecified atom stereocenters. The van der Waals surface area contributed by atoms with Crippen LogP contribution in [-0.4, -0.2) is 28.2 Å². The van der Waals surface area contributed by atoms with Crippen LogP contribution in [0.3, 0.4) is 0 Å². The summed E-state index contributed by atoms with van der Waals surface area (Å²) in [5, 5.41) is 0. The molecule has 0 aliphatic rings. The summed E-state index contributed by atoms with van der Waals surface area (Å²) in [6.45, 7) is 2.98. The monoisotopic (exact) mass is 447 g/mol. The van der Waals surface area contributed by atoms with E-state index in [4.69, 9.17) is 9.47 Å². The van der Waals surface area contributed by atoms with E-state index in [-0.39, 0.29) is 18.0 Å². The molecule has 0 bridgehead atoms. The Morgan fingerprint density at radius 3 is 2.09 bits per heavy atom. The fourth-order valence-corrected chi connectivity index (χ4v) is 3.21. The van der Waals surface area contributed by atoms with Crippen LogP contribution in [0.1, 0.15) is 6.92 Å². The number of halogens is 1. The third-order valence-corrected chi connectivity index (χ3v) is 5.12. The summed E-state index contributed by atoms with van der Waals surface area (Å²) < 4.78 is 38.5. The molecule has 0 saturated carbocycles. The molecular weight excluding hydrogens is 429 g/mol. The molecule has 0 aromatic heterocycles. The molecule has 124 valence electrons. The molecule has 0 amide bonds. The second-order valence-corrected chi connectivity index (χ2v) is 7.62. The summed E-state index contributed by atoms with van der Waals surface area (Å²) in [6, 6.07) is 13.9. The zero-order valence-electron chi connectivity index (χ0n) is 12.7. The minimum absolute atomic E-state index is 0.196. The molecule has 2 aromatic rings. The van der Waals surface area contributed by atoms with Crippen LogP contribution in [0, 0.1) is 3.57 Å². The van der Waals surface area contributed by atoms with Gasteiger partial charge in [0.2, 0.25) is 10.0 Å². The van der Waals surface area contributed by atoms with Gasteiger partial charge in [0.05, 0.1) is 11.5 Å². The first-order valence-corrected chi connectivity index (χ1v) is 9.68.